The summed E-state index contributed by atoms with van der Waals surface area (Å²) in [5.74, 6) is 3.79. The lowest BCUT2D eigenvalue weighted by Crippen LogP contribution is -2.39. The van der Waals surface area contributed by atoms with Gasteiger partial charge in [-0.3, -0.25) is 0 Å². The number of fused-ring (bicyclic) bond motifs is 5. The van der Waals surface area contributed by atoms with Gasteiger partial charge in [0.15, 0.2) is 0 Å². The maximum atomic E-state index is 13.8. The molecule has 1 aromatic rings. The van der Waals surface area contributed by atoms with Gasteiger partial charge in [0.1, 0.15) is 5.82 Å². The van der Waals surface area contributed by atoms with Crippen molar-refractivity contribution < 1.29 is 4.39 Å². The Kier molecular flexibility index (Phi) is 3.10. The molecule has 1 N–H and O–H groups in total. The highest BCUT2D eigenvalue weighted by atomic mass is 19.1. The van der Waals surface area contributed by atoms with Crippen LogP contribution in [-0.4, -0.2) is 6.04 Å². The van der Waals surface area contributed by atoms with Crippen molar-refractivity contribution in [2.45, 2.75) is 51.6 Å². The molecule has 3 fully saturated rings. The maximum Gasteiger partial charge on any atom is 0.127 e. The van der Waals surface area contributed by atoms with Gasteiger partial charge in [-0.1, -0.05) is 24.1 Å². The molecule has 5 unspecified atom stereocenters. The Morgan fingerprint density at radius 1 is 1.15 bits per heavy atom. The minimum atomic E-state index is -0.0648. The summed E-state index contributed by atoms with van der Waals surface area (Å²) in [4.78, 5) is 0. The lowest BCUT2D eigenvalue weighted by molar-refractivity contribution is 0.207. The average molecular weight is 273 g/mol. The lowest BCUT2D eigenvalue weighted by Gasteiger charge is -2.32. The van der Waals surface area contributed by atoms with E-state index in [1.807, 2.05) is 19.1 Å². The van der Waals surface area contributed by atoms with Crippen LogP contribution in [0, 0.1) is 36.4 Å². The van der Waals surface area contributed by atoms with E-state index in [1.54, 1.807) is 6.07 Å². The fraction of sp³-hybridized carbons (Fsp3) is 0.667. The Hall–Kier alpha value is -0.890. The predicted octanol–water partition coefficient (Wildman–Crippen LogP) is 4.05. The summed E-state index contributed by atoms with van der Waals surface area (Å²) in [6.07, 6.45) is 7.14. The number of aryl methyl sites for hydroxylation is 1. The van der Waals surface area contributed by atoms with E-state index >= 15 is 0 Å². The van der Waals surface area contributed by atoms with Crippen LogP contribution in [0.5, 0.6) is 0 Å². The number of rotatable bonds is 3. The van der Waals surface area contributed by atoms with Gasteiger partial charge in [0.2, 0.25) is 0 Å². The van der Waals surface area contributed by atoms with Crippen LogP contribution >= 0.6 is 0 Å². The van der Waals surface area contributed by atoms with E-state index in [2.05, 4.69) is 5.32 Å². The molecule has 3 aliphatic carbocycles. The van der Waals surface area contributed by atoms with Gasteiger partial charge in [-0.2, -0.15) is 0 Å². The first kappa shape index (κ1) is 12.8. The van der Waals surface area contributed by atoms with Crippen molar-refractivity contribution in [1.29, 1.82) is 0 Å². The Bertz CT molecular complexity index is 512. The van der Waals surface area contributed by atoms with Crippen LogP contribution in [0.1, 0.15) is 43.2 Å². The van der Waals surface area contributed by atoms with Crippen LogP contribution in [0.25, 0.3) is 0 Å². The van der Waals surface area contributed by atoms with Gasteiger partial charge in [-0.25, -0.2) is 4.39 Å². The Balaban J connectivity index is 1.42. The first-order valence-corrected chi connectivity index (χ1v) is 8.21. The van der Waals surface area contributed by atoms with Gasteiger partial charge < -0.3 is 5.32 Å². The summed E-state index contributed by atoms with van der Waals surface area (Å²) in [5, 5.41) is 3.67. The number of hydrogen-bond donors (Lipinski definition) is 1. The smallest absolute Gasteiger partial charge is 0.127 e. The lowest BCUT2D eigenvalue weighted by atomic mass is 9.79. The van der Waals surface area contributed by atoms with Gasteiger partial charge in [-0.05, 0) is 62.3 Å². The molecule has 3 aliphatic rings. The summed E-state index contributed by atoms with van der Waals surface area (Å²) >= 11 is 0. The standard InChI is InChI=1S/C18H24FN/c1-11-5-6-17(19)13(7-11)10-20-18-9-12-8-16(18)15-4-2-3-14(12)15/h5-7,12,14-16,18,20H,2-4,8-10H2,1H3. The van der Waals surface area contributed by atoms with Crippen molar-refractivity contribution >= 4 is 0 Å². The van der Waals surface area contributed by atoms with Crippen LogP contribution in [0.15, 0.2) is 18.2 Å². The minimum Gasteiger partial charge on any atom is -0.310 e. The van der Waals surface area contributed by atoms with Crippen LogP contribution in [-0.2, 0) is 6.54 Å². The van der Waals surface area contributed by atoms with E-state index in [0.29, 0.717) is 12.6 Å². The molecule has 2 heteroatoms. The van der Waals surface area contributed by atoms with Crippen molar-refractivity contribution in [2.24, 2.45) is 23.7 Å². The van der Waals surface area contributed by atoms with Gasteiger partial charge in [0.25, 0.3) is 0 Å². The van der Waals surface area contributed by atoms with Crippen molar-refractivity contribution in [3.8, 4) is 0 Å². The molecule has 5 atom stereocenters. The first-order chi connectivity index (χ1) is 9.72. The second-order valence-corrected chi connectivity index (χ2v) is 7.24. The molecule has 0 amide bonds. The average Bonchev–Trinajstić information content (AvgIpc) is 3.10. The van der Waals surface area contributed by atoms with Crippen LogP contribution in [0.2, 0.25) is 0 Å². The monoisotopic (exact) mass is 273 g/mol. The highest BCUT2D eigenvalue weighted by Crippen LogP contribution is 2.58. The van der Waals surface area contributed by atoms with E-state index in [0.717, 1.165) is 34.8 Å². The molecule has 108 valence electrons. The first-order valence-electron chi connectivity index (χ1n) is 8.21. The topological polar surface area (TPSA) is 12.0 Å². The summed E-state index contributed by atoms with van der Waals surface area (Å²) in [6.45, 7) is 2.72. The van der Waals surface area contributed by atoms with Crippen molar-refractivity contribution in [2.75, 3.05) is 0 Å². The number of hydrogen-bond acceptors (Lipinski definition) is 1. The van der Waals surface area contributed by atoms with Crippen molar-refractivity contribution in [3.05, 3.63) is 35.1 Å². The minimum absolute atomic E-state index is 0.0648. The van der Waals surface area contributed by atoms with Crippen LogP contribution in [0.4, 0.5) is 4.39 Å². The number of halogens is 1. The molecular formula is C18H24FN. The molecule has 2 bridgehead atoms. The molecule has 1 nitrogen and oxygen atoms in total. The fourth-order valence-electron chi connectivity index (χ4n) is 5.38. The van der Waals surface area contributed by atoms with Crippen LogP contribution in [0.3, 0.4) is 0 Å². The number of benzene rings is 1. The highest BCUT2D eigenvalue weighted by Gasteiger charge is 2.53. The molecule has 4 rings (SSSR count). The van der Waals surface area contributed by atoms with E-state index in [1.165, 1.54) is 32.1 Å². The molecular weight excluding hydrogens is 249 g/mol. The Morgan fingerprint density at radius 2 is 2.00 bits per heavy atom. The second-order valence-electron chi connectivity index (χ2n) is 7.24. The third-order valence-corrected chi connectivity index (χ3v) is 6.18. The Labute approximate surface area is 121 Å². The second kappa shape index (κ2) is 4.84. The van der Waals surface area contributed by atoms with E-state index < -0.39 is 0 Å². The maximum absolute atomic E-state index is 13.8. The zero-order chi connectivity index (χ0) is 13.7. The van der Waals surface area contributed by atoms with Crippen LogP contribution < -0.4 is 5.32 Å². The van der Waals surface area contributed by atoms with Crippen molar-refractivity contribution in [3.63, 3.8) is 0 Å². The largest absolute Gasteiger partial charge is 0.310 e. The summed E-state index contributed by atoms with van der Waals surface area (Å²) in [6, 6.07) is 6.06. The zero-order valence-corrected chi connectivity index (χ0v) is 12.2. The molecule has 0 radical (unpaired) electrons. The summed E-state index contributed by atoms with van der Waals surface area (Å²) in [7, 11) is 0. The highest BCUT2D eigenvalue weighted by molar-refractivity contribution is 5.24. The molecule has 1 aromatic carbocycles. The fourth-order valence-corrected chi connectivity index (χ4v) is 5.38. The van der Waals surface area contributed by atoms with Crippen molar-refractivity contribution in [1.82, 2.24) is 5.32 Å². The molecule has 3 saturated carbocycles. The summed E-state index contributed by atoms with van der Waals surface area (Å²) < 4.78 is 13.8. The van der Waals surface area contributed by atoms with E-state index in [-0.39, 0.29) is 5.82 Å². The van der Waals surface area contributed by atoms with E-state index in [4.69, 9.17) is 0 Å². The molecule has 0 saturated heterocycles. The van der Waals surface area contributed by atoms with E-state index in [9.17, 15) is 4.39 Å². The molecule has 0 spiro atoms. The SMILES string of the molecule is Cc1ccc(F)c(CNC2CC3CC2C2CCCC32)c1. The number of nitrogens with one attached hydrogen (secondary N) is 1. The van der Waals surface area contributed by atoms with Gasteiger partial charge in [-0.15, -0.1) is 0 Å². The molecule has 0 heterocycles. The third-order valence-electron chi connectivity index (χ3n) is 6.18. The molecule has 20 heavy (non-hydrogen) atoms. The normalized spacial score (nSPS) is 38.4. The predicted molar refractivity (Wildman–Crippen MR) is 78.8 cm³/mol. The quantitative estimate of drug-likeness (QED) is 0.876. The zero-order valence-electron chi connectivity index (χ0n) is 12.2. The van der Waals surface area contributed by atoms with Gasteiger partial charge in [0, 0.05) is 18.2 Å². The summed E-state index contributed by atoms with van der Waals surface area (Å²) in [5.41, 5.74) is 1.97. The Morgan fingerprint density at radius 3 is 2.90 bits per heavy atom. The third kappa shape index (κ3) is 2.00. The molecule has 0 aliphatic heterocycles. The molecule has 0 aromatic heterocycles. The van der Waals surface area contributed by atoms with Gasteiger partial charge in [0.05, 0.1) is 0 Å². The van der Waals surface area contributed by atoms with Gasteiger partial charge >= 0.3 is 0 Å².